The number of aromatic hydroxyl groups is 1. The van der Waals surface area contributed by atoms with Crippen LogP contribution in [0.2, 0.25) is 0 Å². The summed E-state index contributed by atoms with van der Waals surface area (Å²) < 4.78 is 0.973. The average Bonchev–Trinajstić information content (AvgIpc) is 2.11. The molecule has 0 radical (unpaired) electrons. The Hall–Kier alpha value is -0.800. The van der Waals surface area contributed by atoms with Crippen molar-refractivity contribution in [2.75, 3.05) is 6.54 Å². The minimum atomic E-state index is 0.319. The summed E-state index contributed by atoms with van der Waals surface area (Å²) in [5, 5.41) is 12.6. The van der Waals surface area contributed by atoms with Crippen LogP contribution in [-0.4, -0.2) is 11.7 Å². The van der Waals surface area contributed by atoms with Crippen molar-refractivity contribution in [3.8, 4) is 5.75 Å². The quantitative estimate of drug-likeness (QED) is 0.627. The van der Waals surface area contributed by atoms with Gasteiger partial charge in [-0.3, -0.25) is 0 Å². The van der Waals surface area contributed by atoms with E-state index in [-0.39, 0.29) is 0 Å². The van der Waals surface area contributed by atoms with Gasteiger partial charge in [0.05, 0.1) is 0 Å². The van der Waals surface area contributed by atoms with Crippen molar-refractivity contribution < 1.29 is 5.11 Å². The normalized spacial score (nSPS) is 9.92. The van der Waals surface area contributed by atoms with Crippen LogP contribution in [-0.2, 0) is 6.54 Å². The van der Waals surface area contributed by atoms with Crippen LogP contribution in [0, 0.1) is 0 Å². The van der Waals surface area contributed by atoms with Crippen molar-refractivity contribution in [1.82, 2.24) is 5.32 Å². The van der Waals surface area contributed by atoms with Gasteiger partial charge in [-0.25, -0.2) is 0 Å². The Kier molecular flexibility index (Phi) is 3.99. The van der Waals surface area contributed by atoms with Gasteiger partial charge in [-0.15, -0.1) is 6.58 Å². The lowest BCUT2D eigenvalue weighted by Crippen LogP contribution is -2.12. The maximum Gasteiger partial charge on any atom is 0.120 e. The van der Waals surface area contributed by atoms with Gasteiger partial charge in [-0.1, -0.05) is 22.0 Å². The van der Waals surface area contributed by atoms with Crippen LogP contribution in [0.1, 0.15) is 5.56 Å². The number of rotatable bonds is 4. The number of hydrogen-bond donors (Lipinski definition) is 2. The summed E-state index contributed by atoms with van der Waals surface area (Å²) in [6, 6.07) is 5.38. The fourth-order valence-corrected chi connectivity index (χ4v) is 1.41. The molecule has 0 fully saturated rings. The van der Waals surface area contributed by atoms with Crippen molar-refractivity contribution in [3.63, 3.8) is 0 Å². The largest absolute Gasteiger partial charge is 0.508 e. The maximum atomic E-state index is 9.45. The Morgan fingerprint density at radius 3 is 3.00 bits per heavy atom. The minimum absolute atomic E-state index is 0.319. The third-order valence-electron chi connectivity index (χ3n) is 1.65. The Morgan fingerprint density at radius 2 is 2.31 bits per heavy atom. The fraction of sp³-hybridized carbons (Fsp3) is 0.200. The van der Waals surface area contributed by atoms with Crippen LogP contribution in [0.4, 0.5) is 0 Å². The molecule has 0 aliphatic carbocycles. The van der Waals surface area contributed by atoms with Crippen molar-refractivity contribution in [2.24, 2.45) is 0 Å². The molecule has 70 valence electrons. The highest BCUT2D eigenvalue weighted by molar-refractivity contribution is 9.10. The second-order valence-corrected chi connectivity index (χ2v) is 3.61. The van der Waals surface area contributed by atoms with E-state index in [4.69, 9.17) is 0 Å². The number of phenolic OH excluding ortho intramolecular Hbond substituents is 1. The molecular formula is C10H12BrNO. The van der Waals surface area contributed by atoms with E-state index in [9.17, 15) is 5.11 Å². The second-order valence-electron chi connectivity index (χ2n) is 2.69. The Labute approximate surface area is 86.4 Å². The van der Waals surface area contributed by atoms with Crippen LogP contribution in [0.25, 0.3) is 0 Å². The number of halogens is 1. The third-order valence-corrected chi connectivity index (χ3v) is 2.14. The molecule has 0 heterocycles. The van der Waals surface area contributed by atoms with E-state index in [1.165, 1.54) is 0 Å². The van der Waals surface area contributed by atoms with Gasteiger partial charge in [0.2, 0.25) is 0 Å². The first kappa shape index (κ1) is 10.3. The molecule has 0 saturated carbocycles. The van der Waals surface area contributed by atoms with Gasteiger partial charge in [0.15, 0.2) is 0 Å². The highest BCUT2D eigenvalue weighted by Crippen LogP contribution is 2.21. The Morgan fingerprint density at radius 1 is 1.54 bits per heavy atom. The maximum absolute atomic E-state index is 9.45. The number of hydrogen-bond acceptors (Lipinski definition) is 2. The van der Waals surface area contributed by atoms with Crippen LogP contribution in [0.3, 0.4) is 0 Å². The van der Waals surface area contributed by atoms with Gasteiger partial charge in [0.25, 0.3) is 0 Å². The number of nitrogens with one attached hydrogen (secondary N) is 1. The topological polar surface area (TPSA) is 32.3 Å². The third kappa shape index (κ3) is 3.20. The van der Waals surface area contributed by atoms with E-state index >= 15 is 0 Å². The van der Waals surface area contributed by atoms with E-state index in [1.54, 1.807) is 12.1 Å². The molecule has 3 heteroatoms. The van der Waals surface area contributed by atoms with E-state index in [0.29, 0.717) is 12.3 Å². The molecule has 0 spiro atoms. The Balaban J connectivity index is 2.64. The standard InChI is InChI=1S/C10H12BrNO/c1-2-5-12-7-8-6-9(11)3-4-10(8)13/h2-4,6,12-13H,1,5,7H2. The molecule has 0 aromatic heterocycles. The summed E-state index contributed by atoms with van der Waals surface area (Å²) in [6.45, 7) is 4.99. The second kappa shape index (κ2) is 5.04. The minimum Gasteiger partial charge on any atom is -0.508 e. The molecule has 0 bridgehead atoms. The molecule has 0 amide bonds. The lowest BCUT2D eigenvalue weighted by molar-refractivity contribution is 0.465. The summed E-state index contributed by atoms with van der Waals surface area (Å²) in [7, 11) is 0. The molecule has 0 atom stereocenters. The summed E-state index contributed by atoms with van der Waals surface area (Å²) in [5.41, 5.74) is 0.885. The lowest BCUT2D eigenvalue weighted by atomic mass is 10.2. The number of benzene rings is 1. The van der Waals surface area contributed by atoms with E-state index in [2.05, 4.69) is 27.8 Å². The highest BCUT2D eigenvalue weighted by atomic mass is 79.9. The molecular weight excluding hydrogens is 230 g/mol. The predicted molar refractivity (Wildman–Crippen MR) is 57.7 cm³/mol. The van der Waals surface area contributed by atoms with Gasteiger partial charge in [-0.2, -0.15) is 0 Å². The summed E-state index contributed by atoms with van der Waals surface area (Å²) in [6.07, 6.45) is 1.79. The zero-order valence-electron chi connectivity index (χ0n) is 7.26. The van der Waals surface area contributed by atoms with Gasteiger partial charge in [0, 0.05) is 23.1 Å². The van der Waals surface area contributed by atoms with Gasteiger partial charge in [-0.05, 0) is 18.2 Å². The SMILES string of the molecule is C=CCNCc1cc(Br)ccc1O. The Bertz CT molecular complexity index is 299. The first-order valence-electron chi connectivity index (χ1n) is 4.03. The van der Waals surface area contributed by atoms with E-state index < -0.39 is 0 Å². The van der Waals surface area contributed by atoms with Gasteiger partial charge >= 0.3 is 0 Å². The zero-order chi connectivity index (χ0) is 9.68. The summed E-state index contributed by atoms with van der Waals surface area (Å²) in [5.74, 6) is 0.319. The lowest BCUT2D eigenvalue weighted by Gasteiger charge is -2.05. The molecule has 1 rings (SSSR count). The average molecular weight is 242 g/mol. The monoisotopic (exact) mass is 241 g/mol. The molecule has 0 aliphatic heterocycles. The highest BCUT2D eigenvalue weighted by Gasteiger charge is 1.99. The molecule has 0 unspecified atom stereocenters. The molecule has 1 aromatic rings. The van der Waals surface area contributed by atoms with Crippen molar-refractivity contribution in [2.45, 2.75) is 6.54 Å². The molecule has 0 aliphatic rings. The number of phenols is 1. The van der Waals surface area contributed by atoms with Gasteiger partial charge in [0.1, 0.15) is 5.75 Å². The van der Waals surface area contributed by atoms with Crippen molar-refractivity contribution >= 4 is 15.9 Å². The van der Waals surface area contributed by atoms with Crippen LogP contribution in [0.5, 0.6) is 5.75 Å². The first-order chi connectivity index (χ1) is 6.24. The summed E-state index contributed by atoms with van der Waals surface area (Å²) in [4.78, 5) is 0. The van der Waals surface area contributed by atoms with E-state index in [0.717, 1.165) is 16.6 Å². The molecule has 2 nitrogen and oxygen atoms in total. The van der Waals surface area contributed by atoms with E-state index in [1.807, 2.05) is 12.1 Å². The van der Waals surface area contributed by atoms with Crippen LogP contribution >= 0.6 is 15.9 Å². The fourth-order valence-electron chi connectivity index (χ4n) is 1.00. The van der Waals surface area contributed by atoms with Crippen LogP contribution < -0.4 is 5.32 Å². The van der Waals surface area contributed by atoms with Crippen molar-refractivity contribution in [1.29, 1.82) is 0 Å². The first-order valence-corrected chi connectivity index (χ1v) is 4.82. The zero-order valence-corrected chi connectivity index (χ0v) is 8.84. The van der Waals surface area contributed by atoms with Crippen LogP contribution in [0.15, 0.2) is 35.3 Å². The molecule has 2 N–H and O–H groups in total. The smallest absolute Gasteiger partial charge is 0.120 e. The summed E-state index contributed by atoms with van der Waals surface area (Å²) >= 11 is 3.35. The molecule has 1 aromatic carbocycles. The van der Waals surface area contributed by atoms with Crippen molar-refractivity contribution in [3.05, 3.63) is 40.9 Å². The van der Waals surface area contributed by atoms with Gasteiger partial charge < -0.3 is 10.4 Å². The predicted octanol–water partition coefficient (Wildman–Crippen LogP) is 2.43. The molecule has 0 saturated heterocycles. The molecule has 13 heavy (non-hydrogen) atoms.